The van der Waals surface area contributed by atoms with Crippen LogP contribution in [0.3, 0.4) is 0 Å². The molecule has 0 aromatic carbocycles. The van der Waals surface area contributed by atoms with Gasteiger partial charge in [0.1, 0.15) is 5.41 Å². The molecule has 0 saturated carbocycles. The van der Waals surface area contributed by atoms with Crippen LogP contribution in [0.25, 0.3) is 0 Å². The number of amides is 1. The van der Waals surface area contributed by atoms with Crippen molar-refractivity contribution in [2.45, 2.75) is 45.7 Å². The van der Waals surface area contributed by atoms with Crippen LogP contribution < -0.4 is 16.4 Å². The number of Topliss-reactive ketones (excluding diaryl/α,β-unsaturated/α-hetero) is 2. The first-order valence-electron chi connectivity index (χ1n) is 6.61. The SMILES string of the molecule is CC(=O)NCC(C)(C(=O)[C@H](C)N)C(=O)[C@@H]1CCCN1. The van der Waals surface area contributed by atoms with Gasteiger partial charge in [-0.05, 0) is 33.2 Å². The molecule has 108 valence electrons. The highest BCUT2D eigenvalue weighted by molar-refractivity contribution is 6.11. The molecule has 4 N–H and O–H groups in total. The Morgan fingerprint density at radius 3 is 2.53 bits per heavy atom. The van der Waals surface area contributed by atoms with E-state index in [4.69, 9.17) is 5.73 Å². The molecule has 1 aliphatic heterocycles. The van der Waals surface area contributed by atoms with Crippen LogP contribution in [0.2, 0.25) is 0 Å². The lowest BCUT2D eigenvalue weighted by Gasteiger charge is -2.30. The molecule has 19 heavy (non-hydrogen) atoms. The van der Waals surface area contributed by atoms with E-state index in [-0.39, 0.29) is 30.1 Å². The number of hydrogen-bond donors (Lipinski definition) is 3. The van der Waals surface area contributed by atoms with Gasteiger partial charge >= 0.3 is 0 Å². The van der Waals surface area contributed by atoms with Gasteiger partial charge in [0.05, 0.1) is 12.1 Å². The van der Waals surface area contributed by atoms with Crippen LogP contribution in [0.5, 0.6) is 0 Å². The second kappa shape index (κ2) is 6.25. The molecule has 0 bridgehead atoms. The number of ketones is 2. The minimum absolute atomic E-state index is 0.000278. The van der Waals surface area contributed by atoms with Gasteiger partial charge in [0, 0.05) is 13.5 Å². The van der Waals surface area contributed by atoms with Gasteiger partial charge in [-0.25, -0.2) is 0 Å². The number of hydrogen-bond acceptors (Lipinski definition) is 5. The molecule has 1 rings (SSSR count). The van der Waals surface area contributed by atoms with E-state index in [2.05, 4.69) is 10.6 Å². The zero-order chi connectivity index (χ0) is 14.6. The molecule has 0 radical (unpaired) electrons. The lowest BCUT2D eigenvalue weighted by atomic mass is 9.75. The number of rotatable bonds is 6. The molecule has 6 heteroatoms. The minimum atomic E-state index is -1.26. The summed E-state index contributed by atoms with van der Waals surface area (Å²) in [6, 6.07) is -1.05. The van der Waals surface area contributed by atoms with E-state index in [1.807, 2.05) is 0 Å². The molecule has 0 aromatic heterocycles. The van der Waals surface area contributed by atoms with E-state index in [0.29, 0.717) is 0 Å². The van der Waals surface area contributed by atoms with Crippen molar-refractivity contribution in [2.24, 2.45) is 11.1 Å². The quantitative estimate of drug-likeness (QED) is 0.557. The Morgan fingerprint density at radius 1 is 1.47 bits per heavy atom. The third-order valence-electron chi connectivity index (χ3n) is 3.57. The summed E-state index contributed by atoms with van der Waals surface area (Å²) in [4.78, 5) is 35.8. The van der Waals surface area contributed by atoms with Gasteiger partial charge in [-0.3, -0.25) is 14.4 Å². The highest BCUT2D eigenvalue weighted by Gasteiger charge is 2.45. The molecule has 1 fully saturated rings. The van der Waals surface area contributed by atoms with Gasteiger partial charge in [-0.15, -0.1) is 0 Å². The summed E-state index contributed by atoms with van der Waals surface area (Å²) < 4.78 is 0. The first kappa shape index (κ1) is 15.8. The first-order chi connectivity index (χ1) is 8.79. The van der Waals surface area contributed by atoms with Crippen molar-refractivity contribution >= 4 is 17.5 Å². The van der Waals surface area contributed by atoms with Crippen LogP contribution >= 0.6 is 0 Å². The summed E-state index contributed by atoms with van der Waals surface area (Å²) in [5.41, 5.74) is 4.37. The van der Waals surface area contributed by atoms with Gasteiger partial charge in [0.15, 0.2) is 11.6 Å². The molecule has 0 aromatic rings. The predicted octanol–water partition coefficient (Wildman–Crippen LogP) is -0.634. The highest BCUT2D eigenvalue weighted by atomic mass is 16.2. The average Bonchev–Trinajstić information content (AvgIpc) is 2.87. The Kier molecular flexibility index (Phi) is 5.20. The zero-order valence-corrected chi connectivity index (χ0v) is 11.8. The van der Waals surface area contributed by atoms with Crippen LogP contribution in [0.4, 0.5) is 0 Å². The van der Waals surface area contributed by atoms with Crippen LogP contribution in [0.15, 0.2) is 0 Å². The third-order valence-corrected chi connectivity index (χ3v) is 3.57. The fourth-order valence-corrected chi connectivity index (χ4v) is 2.39. The zero-order valence-electron chi connectivity index (χ0n) is 11.8. The molecule has 0 spiro atoms. The molecule has 1 amide bonds. The van der Waals surface area contributed by atoms with E-state index in [1.165, 1.54) is 6.92 Å². The minimum Gasteiger partial charge on any atom is -0.355 e. The monoisotopic (exact) mass is 269 g/mol. The van der Waals surface area contributed by atoms with E-state index in [1.54, 1.807) is 13.8 Å². The molecule has 1 aliphatic rings. The van der Waals surface area contributed by atoms with Crippen molar-refractivity contribution in [1.82, 2.24) is 10.6 Å². The summed E-state index contributed by atoms with van der Waals surface area (Å²) >= 11 is 0. The molecule has 3 atom stereocenters. The van der Waals surface area contributed by atoms with Crippen LogP contribution in [0, 0.1) is 5.41 Å². The third kappa shape index (κ3) is 3.61. The predicted molar refractivity (Wildman–Crippen MR) is 71.5 cm³/mol. The second-order valence-electron chi connectivity index (χ2n) is 5.41. The smallest absolute Gasteiger partial charge is 0.216 e. The lowest BCUT2D eigenvalue weighted by molar-refractivity contribution is -0.141. The number of nitrogens with two attached hydrogens (primary N) is 1. The number of carbonyl (C=O) groups is 3. The maximum absolute atomic E-state index is 12.5. The summed E-state index contributed by atoms with van der Waals surface area (Å²) in [6.07, 6.45) is 1.64. The van der Waals surface area contributed by atoms with Crippen molar-refractivity contribution in [2.75, 3.05) is 13.1 Å². The van der Waals surface area contributed by atoms with Gasteiger partial charge in [-0.1, -0.05) is 0 Å². The summed E-state index contributed by atoms with van der Waals surface area (Å²) in [7, 11) is 0. The highest BCUT2D eigenvalue weighted by Crippen LogP contribution is 2.25. The topological polar surface area (TPSA) is 101 Å². The summed E-state index contributed by atoms with van der Waals surface area (Å²) in [6.45, 7) is 5.26. The normalized spacial score (nSPS) is 23.5. The number of nitrogens with one attached hydrogen (secondary N) is 2. The molecule has 0 aliphatic carbocycles. The van der Waals surface area contributed by atoms with E-state index in [0.717, 1.165) is 19.4 Å². The van der Waals surface area contributed by atoms with Crippen LogP contribution in [0.1, 0.15) is 33.6 Å². The Morgan fingerprint density at radius 2 is 2.11 bits per heavy atom. The maximum Gasteiger partial charge on any atom is 0.216 e. The fourth-order valence-electron chi connectivity index (χ4n) is 2.39. The van der Waals surface area contributed by atoms with Crippen molar-refractivity contribution in [3.8, 4) is 0 Å². The summed E-state index contributed by atoms with van der Waals surface area (Å²) in [5.74, 6) is -0.781. The van der Waals surface area contributed by atoms with Crippen LogP contribution in [-0.4, -0.2) is 42.6 Å². The van der Waals surface area contributed by atoms with E-state index >= 15 is 0 Å². The Bertz CT molecular complexity index is 375. The molecule has 6 nitrogen and oxygen atoms in total. The fraction of sp³-hybridized carbons (Fsp3) is 0.769. The van der Waals surface area contributed by atoms with Gasteiger partial charge < -0.3 is 16.4 Å². The first-order valence-corrected chi connectivity index (χ1v) is 6.61. The molecule has 1 heterocycles. The molecular formula is C13H23N3O3. The van der Waals surface area contributed by atoms with Gasteiger partial charge in [0.2, 0.25) is 5.91 Å². The maximum atomic E-state index is 12.5. The summed E-state index contributed by atoms with van der Waals surface area (Å²) in [5, 5.41) is 5.65. The van der Waals surface area contributed by atoms with Crippen molar-refractivity contribution < 1.29 is 14.4 Å². The van der Waals surface area contributed by atoms with Crippen molar-refractivity contribution in [1.29, 1.82) is 0 Å². The molecule has 1 unspecified atom stereocenters. The average molecular weight is 269 g/mol. The Labute approximate surface area is 113 Å². The van der Waals surface area contributed by atoms with Gasteiger partial charge in [0.25, 0.3) is 0 Å². The van der Waals surface area contributed by atoms with Crippen molar-refractivity contribution in [3.63, 3.8) is 0 Å². The Balaban J connectivity index is 2.92. The van der Waals surface area contributed by atoms with E-state index < -0.39 is 11.5 Å². The second-order valence-corrected chi connectivity index (χ2v) is 5.41. The molecule has 1 saturated heterocycles. The van der Waals surface area contributed by atoms with Crippen molar-refractivity contribution in [3.05, 3.63) is 0 Å². The van der Waals surface area contributed by atoms with Crippen LogP contribution in [-0.2, 0) is 14.4 Å². The largest absolute Gasteiger partial charge is 0.355 e. The van der Waals surface area contributed by atoms with Gasteiger partial charge in [-0.2, -0.15) is 0 Å². The van der Waals surface area contributed by atoms with E-state index in [9.17, 15) is 14.4 Å². The Hall–Kier alpha value is -1.27. The standard InChI is InChI=1S/C13H23N3O3/c1-8(14)11(18)13(3,7-16-9(2)17)12(19)10-5-4-6-15-10/h8,10,15H,4-7,14H2,1-3H3,(H,16,17)/t8-,10-,13?/m0/s1. The number of carbonyl (C=O) groups excluding carboxylic acids is 3. The lowest BCUT2D eigenvalue weighted by Crippen LogP contribution is -2.55. The molecular weight excluding hydrogens is 246 g/mol.